The van der Waals surface area contributed by atoms with Crippen molar-refractivity contribution in [2.45, 2.75) is 13.0 Å². The Bertz CT molecular complexity index is 926. The summed E-state index contributed by atoms with van der Waals surface area (Å²) in [6.45, 7) is 1.16. The third kappa shape index (κ3) is 4.80. The Labute approximate surface area is 160 Å². The summed E-state index contributed by atoms with van der Waals surface area (Å²) in [5.74, 6) is -1.66. The van der Waals surface area contributed by atoms with Crippen molar-refractivity contribution in [3.05, 3.63) is 93.4 Å². The molecule has 0 unspecified atom stereocenters. The van der Waals surface area contributed by atoms with E-state index in [0.717, 1.165) is 16.5 Å². The first-order valence-electron chi connectivity index (χ1n) is 8.35. The van der Waals surface area contributed by atoms with Crippen molar-refractivity contribution in [3.63, 3.8) is 0 Å². The van der Waals surface area contributed by atoms with Crippen molar-refractivity contribution in [3.8, 4) is 0 Å². The lowest BCUT2D eigenvalue weighted by Crippen LogP contribution is -2.32. The molecule has 1 amide bonds. The second kappa shape index (κ2) is 8.60. The number of esters is 1. The number of carbonyl (C=O) groups is 2. The molecule has 4 nitrogen and oxygen atoms in total. The van der Waals surface area contributed by atoms with Crippen LogP contribution in [-0.2, 0) is 9.53 Å². The summed E-state index contributed by atoms with van der Waals surface area (Å²) < 4.78 is 18.6. The Morgan fingerprint density at radius 1 is 1.11 bits per heavy atom. The molecule has 0 aliphatic carbocycles. The summed E-state index contributed by atoms with van der Waals surface area (Å²) >= 11 is 1.53. The van der Waals surface area contributed by atoms with Crippen LogP contribution in [0.15, 0.2) is 66.0 Å². The first kappa shape index (κ1) is 18.8. The Morgan fingerprint density at radius 3 is 2.56 bits per heavy atom. The summed E-state index contributed by atoms with van der Waals surface area (Å²) in [4.78, 5) is 25.3. The minimum atomic E-state index is -0.739. The minimum absolute atomic E-state index is 0.0729. The van der Waals surface area contributed by atoms with Gasteiger partial charge in [-0.25, -0.2) is 9.18 Å². The van der Waals surface area contributed by atoms with Gasteiger partial charge in [0.1, 0.15) is 5.82 Å². The molecule has 0 radical (unpaired) electrons. The fraction of sp³-hybridized carbons (Fsp3) is 0.143. The van der Waals surface area contributed by atoms with E-state index in [2.05, 4.69) is 5.32 Å². The average Bonchev–Trinajstić information content (AvgIpc) is 3.21. The maximum absolute atomic E-state index is 13.6. The van der Waals surface area contributed by atoms with E-state index in [1.54, 1.807) is 6.92 Å². The van der Waals surface area contributed by atoms with Gasteiger partial charge in [-0.05, 0) is 41.6 Å². The van der Waals surface area contributed by atoms with Gasteiger partial charge in [-0.3, -0.25) is 4.79 Å². The standard InChI is InChI=1S/C21H18FNO3S/c1-14-9-10-16(12-17(14)22)21(25)26-13-19(24)23-20(18-8-5-11-27-18)15-6-3-2-4-7-15/h2-12,20H,13H2,1H3,(H,23,24)/t20-/m1/s1. The zero-order valence-electron chi connectivity index (χ0n) is 14.6. The van der Waals surface area contributed by atoms with Gasteiger partial charge < -0.3 is 10.1 Å². The molecule has 6 heteroatoms. The highest BCUT2D eigenvalue weighted by Crippen LogP contribution is 2.25. The number of ether oxygens (including phenoxy) is 1. The molecule has 0 spiro atoms. The number of hydrogen-bond acceptors (Lipinski definition) is 4. The summed E-state index contributed by atoms with van der Waals surface area (Å²) in [5, 5.41) is 4.82. The number of nitrogens with one attached hydrogen (secondary N) is 1. The highest BCUT2D eigenvalue weighted by atomic mass is 32.1. The van der Waals surface area contributed by atoms with Crippen LogP contribution in [0.3, 0.4) is 0 Å². The fourth-order valence-electron chi connectivity index (χ4n) is 2.56. The van der Waals surface area contributed by atoms with Crippen molar-refractivity contribution in [1.29, 1.82) is 0 Å². The van der Waals surface area contributed by atoms with E-state index in [1.165, 1.54) is 23.5 Å². The average molecular weight is 383 g/mol. The molecule has 0 saturated carbocycles. The quantitative estimate of drug-likeness (QED) is 0.647. The molecule has 0 bridgehead atoms. The Balaban J connectivity index is 1.64. The molecule has 0 fully saturated rings. The molecule has 1 heterocycles. The smallest absolute Gasteiger partial charge is 0.338 e. The van der Waals surface area contributed by atoms with Crippen molar-refractivity contribution < 1.29 is 18.7 Å². The van der Waals surface area contributed by atoms with Gasteiger partial charge in [-0.2, -0.15) is 0 Å². The van der Waals surface area contributed by atoms with Crippen LogP contribution in [0.4, 0.5) is 4.39 Å². The molecule has 3 aromatic rings. The van der Waals surface area contributed by atoms with Crippen LogP contribution in [0.5, 0.6) is 0 Å². The molecule has 27 heavy (non-hydrogen) atoms. The van der Waals surface area contributed by atoms with Crippen molar-refractivity contribution >= 4 is 23.2 Å². The first-order valence-corrected chi connectivity index (χ1v) is 9.23. The number of aryl methyl sites for hydroxylation is 1. The Morgan fingerprint density at radius 2 is 1.89 bits per heavy atom. The van der Waals surface area contributed by atoms with Gasteiger partial charge in [0, 0.05) is 4.88 Å². The second-order valence-electron chi connectivity index (χ2n) is 5.97. The maximum atomic E-state index is 13.6. The van der Waals surface area contributed by atoms with Crippen LogP contribution in [0.1, 0.15) is 32.4 Å². The zero-order chi connectivity index (χ0) is 19.2. The highest BCUT2D eigenvalue weighted by molar-refractivity contribution is 7.10. The van der Waals surface area contributed by atoms with Gasteiger partial charge in [0.15, 0.2) is 6.61 Å². The van der Waals surface area contributed by atoms with Gasteiger partial charge in [0.25, 0.3) is 5.91 Å². The number of amides is 1. The lowest BCUT2D eigenvalue weighted by atomic mass is 10.1. The minimum Gasteiger partial charge on any atom is -0.452 e. The fourth-order valence-corrected chi connectivity index (χ4v) is 3.36. The van der Waals surface area contributed by atoms with Crippen LogP contribution in [0.25, 0.3) is 0 Å². The van der Waals surface area contributed by atoms with Gasteiger partial charge in [-0.15, -0.1) is 11.3 Å². The number of hydrogen-bond donors (Lipinski definition) is 1. The third-order valence-electron chi connectivity index (χ3n) is 4.01. The maximum Gasteiger partial charge on any atom is 0.338 e. The van der Waals surface area contributed by atoms with Crippen molar-refractivity contribution in [2.75, 3.05) is 6.61 Å². The van der Waals surface area contributed by atoms with E-state index < -0.39 is 24.3 Å². The first-order chi connectivity index (χ1) is 13.0. The van der Waals surface area contributed by atoms with Gasteiger partial charge in [0.2, 0.25) is 0 Å². The third-order valence-corrected chi connectivity index (χ3v) is 4.94. The molecule has 1 aromatic heterocycles. The van der Waals surface area contributed by atoms with Crippen LogP contribution < -0.4 is 5.32 Å². The summed E-state index contributed by atoms with van der Waals surface area (Å²) in [5.41, 5.74) is 1.44. The van der Waals surface area contributed by atoms with Crippen LogP contribution in [0, 0.1) is 12.7 Å². The molecular formula is C21H18FNO3S. The van der Waals surface area contributed by atoms with E-state index in [1.807, 2.05) is 47.8 Å². The van der Waals surface area contributed by atoms with Gasteiger partial charge >= 0.3 is 5.97 Å². The van der Waals surface area contributed by atoms with E-state index >= 15 is 0 Å². The van der Waals surface area contributed by atoms with Crippen molar-refractivity contribution in [2.24, 2.45) is 0 Å². The zero-order valence-corrected chi connectivity index (χ0v) is 15.5. The topological polar surface area (TPSA) is 55.4 Å². The van der Waals surface area contributed by atoms with E-state index in [4.69, 9.17) is 4.74 Å². The molecule has 1 atom stereocenters. The predicted molar refractivity (Wildman–Crippen MR) is 102 cm³/mol. The predicted octanol–water partition coefficient (Wildman–Crippen LogP) is 4.26. The van der Waals surface area contributed by atoms with E-state index in [0.29, 0.717) is 5.56 Å². The second-order valence-corrected chi connectivity index (χ2v) is 6.95. The molecule has 0 saturated heterocycles. The molecule has 138 valence electrons. The summed E-state index contributed by atoms with van der Waals surface area (Å²) in [6.07, 6.45) is 0. The van der Waals surface area contributed by atoms with Crippen molar-refractivity contribution in [1.82, 2.24) is 5.32 Å². The number of thiophene rings is 1. The van der Waals surface area contributed by atoms with E-state index in [9.17, 15) is 14.0 Å². The Hall–Kier alpha value is -2.99. The molecular weight excluding hydrogens is 365 g/mol. The monoisotopic (exact) mass is 383 g/mol. The molecule has 3 rings (SSSR count). The molecule has 0 aliphatic rings. The van der Waals surface area contributed by atoms with E-state index in [-0.39, 0.29) is 11.6 Å². The summed E-state index contributed by atoms with van der Waals surface area (Å²) in [7, 11) is 0. The number of rotatable bonds is 6. The highest BCUT2D eigenvalue weighted by Gasteiger charge is 2.19. The van der Waals surface area contributed by atoms with Crippen LogP contribution in [-0.4, -0.2) is 18.5 Å². The largest absolute Gasteiger partial charge is 0.452 e. The lowest BCUT2D eigenvalue weighted by Gasteiger charge is -2.18. The number of carbonyl (C=O) groups excluding carboxylic acids is 2. The van der Waals surface area contributed by atoms with Crippen LogP contribution in [0.2, 0.25) is 0 Å². The van der Waals surface area contributed by atoms with Gasteiger partial charge in [0.05, 0.1) is 11.6 Å². The van der Waals surface area contributed by atoms with Gasteiger partial charge in [-0.1, -0.05) is 42.5 Å². The normalized spacial score (nSPS) is 11.6. The molecule has 0 aliphatic heterocycles. The Kier molecular flexibility index (Phi) is 5.98. The summed E-state index contributed by atoms with van der Waals surface area (Å²) in [6, 6.07) is 17.1. The molecule has 1 N–H and O–H groups in total. The SMILES string of the molecule is Cc1ccc(C(=O)OCC(=O)N[C@H](c2ccccc2)c2cccs2)cc1F. The molecule has 2 aromatic carbocycles. The number of benzene rings is 2. The van der Waals surface area contributed by atoms with Crippen LogP contribution >= 0.6 is 11.3 Å². The number of halogens is 1. The lowest BCUT2D eigenvalue weighted by molar-refractivity contribution is -0.124.